The van der Waals surface area contributed by atoms with Crippen LogP contribution in [0, 0.1) is 12.8 Å². The van der Waals surface area contributed by atoms with Gasteiger partial charge in [-0.1, -0.05) is 19.4 Å². The molecule has 19 heavy (non-hydrogen) atoms. The van der Waals surface area contributed by atoms with Gasteiger partial charge in [-0.2, -0.15) is 0 Å². The lowest BCUT2D eigenvalue weighted by Crippen LogP contribution is -2.36. The Morgan fingerprint density at radius 2 is 2.11 bits per heavy atom. The zero-order valence-corrected chi connectivity index (χ0v) is 12.3. The first-order chi connectivity index (χ1) is 8.94. The second-order valence-corrected chi connectivity index (χ2v) is 7.14. The molecular weight excluding hydrogens is 260 g/mol. The number of hydrogen-bond acceptors (Lipinski definition) is 3. The quantitative estimate of drug-likeness (QED) is 0.886. The van der Waals surface area contributed by atoms with Gasteiger partial charge in [0.25, 0.3) is 0 Å². The maximum atomic E-state index is 12.4. The van der Waals surface area contributed by atoms with Crippen LogP contribution < -0.4 is 10.5 Å². The summed E-state index contributed by atoms with van der Waals surface area (Å²) in [6.07, 6.45) is 3.11. The van der Waals surface area contributed by atoms with E-state index in [1.165, 1.54) is 0 Å². The summed E-state index contributed by atoms with van der Waals surface area (Å²) in [5.41, 5.74) is 7.53. The van der Waals surface area contributed by atoms with E-state index in [1.807, 2.05) is 13.0 Å². The molecule has 1 aromatic rings. The van der Waals surface area contributed by atoms with Crippen molar-refractivity contribution in [1.82, 2.24) is 4.72 Å². The van der Waals surface area contributed by atoms with E-state index in [4.69, 9.17) is 5.73 Å². The Morgan fingerprint density at radius 1 is 1.37 bits per heavy atom. The van der Waals surface area contributed by atoms with E-state index in [-0.39, 0.29) is 6.04 Å². The van der Waals surface area contributed by atoms with Crippen LogP contribution in [0.4, 0.5) is 0 Å². The average Bonchev–Trinajstić information content (AvgIpc) is 2.74. The van der Waals surface area contributed by atoms with Crippen LogP contribution in [0.1, 0.15) is 37.3 Å². The maximum absolute atomic E-state index is 12.4. The van der Waals surface area contributed by atoms with Crippen molar-refractivity contribution >= 4 is 10.0 Å². The van der Waals surface area contributed by atoms with Gasteiger partial charge in [0.15, 0.2) is 0 Å². The SMILES string of the molecule is Cc1ccc(S(=O)(=O)NC2CCCC2C)cc1CN. The number of nitrogens with one attached hydrogen (secondary N) is 1. The van der Waals surface area contributed by atoms with Crippen LogP contribution in [-0.2, 0) is 16.6 Å². The van der Waals surface area contributed by atoms with Gasteiger partial charge in [0, 0.05) is 12.6 Å². The fourth-order valence-corrected chi connectivity index (χ4v) is 4.05. The average molecular weight is 282 g/mol. The summed E-state index contributed by atoms with van der Waals surface area (Å²) in [6, 6.07) is 5.20. The van der Waals surface area contributed by atoms with Crippen molar-refractivity contribution in [2.24, 2.45) is 11.7 Å². The third kappa shape index (κ3) is 3.16. The summed E-state index contributed by atoms with van der Waals surface area (Å²) in [5, 5.41) is 0. The number of hydrogen-bond donors (Lipinski definition) is 2. The molecule has 3 N–H and O–H groups in total. The molecule has 0 radical (unpaired) electrons. The highest BCUT2D eigenvalue weighted by atomic mass is 32.2. The van der Waals surface area contributed by atoms with Crippen LogP contribution >= 0.6 is 0 Å². The van der Waals surface area contributed by atoms with Crippen molar-refractivity contribution in [3.05, 3.63) is 29.3 Å². The first-order valence-electron chi connectivity index (χ1n) is 6.76. The van der Waals surface area contributed by atoms with E-state index in [1.54, 1.807) is 12.1 Å². The van der Waals surface area contributed by atoms with Gasteiger partial charge >= 0.3 is 0 Å². The van der Waals surface area contributed by atoms with Crippen LogP contribution in [0.25, 0.3) is 0 Å². The fourth-order valence-electron chi connectivity index (χ4n) is 2.62. The molecule has 1 aliphatic carbocycles. The van der Waals surface area contributed by atoms with Gasteiger partial charge in [-0.25, -0.2) is 13.1 Å². The first kappa shape index (κ1) is 14.5. The summed E-state index contributed by atoms with van der Waals surface area (Å²) in [7, 11) is -3.43. The molecule has 0 spiro atoms. The Labute approximate surface area is 115 Å². The van der Waals surface area contributed by atoms with Crippen molar-refractivity contribution in [2.45, 2.75) is 50.6 Å². The van der Waals surface area contributed by atoms with E-state index in [9.17, 15) is 8.42 Å². The lowest BCUT2D eigenvalue weighted by atomic mass is 10.1. The third-order valence-electron chi connectivity index (χ3n) is 4.02. The minimum Gasteiger partial charge on any atom is -0.326 e. The second-order valence-electron chi connectivity index (χ2n) is 5.43. The van der Waals surface area contributed by atoms with Crippen molar-refractivity contribution in [1.29, 1.82) is 0 Å². The van der Waals surface area contributed by atoms with Gasteiger partial charge in [-0.3, -0.25) is 0 Å². The highest BCUT2D eigenvalue weighted by molar-refractivity contribution is 7.89. The Morgan fingerprint density at radius 3 is 2.68 bits per heavy atom. The number of aryl methyl sites for hydroxylation is 1. The summed E-state index contributed by atoms with van der Waals surface area (Å²) >= 11 is 0. The second kappa shape index (κ2) is 5.61. The van der Waals surface area contributed by atoms with Gasteiger partial charge in [0.05, 0.1) is 4.90 Å². The van der Waals surface area contributed by atoms with E-state index >= 15 is 0 Å². The van der Waals surface area contributed by atoms with Crippen LogP contribution in [-0.4, -0.2) is 14.5 Å². The maximum Gasteiger partial charge on any atom is 0.240 e. The molecule has 1 aromatic carbocycles. The van der Waals surface area contributed by atoms with Crippen LogP contribution in [0.15, 0.2) is 23.1 Å². The summed E-state index contributed by atoms with van der Waals surface area (Å²) in [6.45, 7) is 4.39. The highest BCUT2D eigenvalue weighted by Crippen LogP contribution is 2.26. The van der Waals surface area contributed by atoms with Gasteiger partial charge in [0.1, 0.15) is 0 Å². The molecule has 2 rings (SSSR count). The molecule has 0 bridgehead atoms. The molecule has 2 unspecified atom stereocenters. The number of nitrogens with two attached hydrogens (primary N) is 1. The van der Waals surface area contributed by atoms with Crippen LogP contribution in [0.5, 0.6) is 0 Å². The van der Waals surface area contributed by atoms with Gasteiger partial charge in [0.2, 0.25) is 10.0 Å². The molecule has 0 saturated heterocycles. The lowest BCUT2D eigenvalue weighted by molar-refractivity contribution is 0.476. The summed E-state index contributed by atoms with van der Waals surface area (Å²) in [5.74, 6) is 0.411. The van der Waals surface area contributed by atoms with Gasteiger partial charge in [-0.15, -0.1) is 0 Å². The normalized spacial score (nSPS) is 23.7. The Hall–Kier alpha value is -0.910. The molecule has 4 nitrogen and oxygen atoms in total. The zero-order valence-electron chi connectivity index (χ0n) is 11.5. The standard InChI is InChI=1S/C14H22N2O2S/c1-10-6-7-13(8-12(10)9-15)19(17,18)16-14-5-3-4-11(14)2/h6-8,11,14,16H,3-5,9,15H2,1-2H3. The van der Waals surface area contributed by atoms with Crippen molar-refractivity contribution in [2.75, 3.05) is 0 Å². The molecule has 106 valence electrons. The number of benzene rings is 1. The molecule has 1 saturated carbocycles. The minimum atomic E-state index is -3.43. The zero-order chi connectivity index (χ0) is 14.0. The largest absolute Gasteiger partial charge is 0.326 e. The Bertz CT molecular complexity index is 555. The fraction of sp³-hybridized carbons (Fsp3) is 0.571. The van der Waals surface area contributed by atoms with Crippen molar-refractivity contribution < 1.29 is 8.42 Å². The van der Waals surface area contributed by atoms with E-state index < -0.39 is 10.0 Å². The van der Waals surface area contributed by atoms with Crippen LogP contribution in [0.3, 0.4) is 0 Å². The van der Waals surface area contributed by atoms with Crippen molar-refractivity contribution in [3.8, 4) is 0 Å². The minimum absolute atomic E-state index is 0.0626. The molecule has 5 heteroatoms. The number of rotatable bonds is 4. The molecule has 0 aliphatic heterocycles. The van der Waals surface area contributed by atoms with E-state index in [2.05, 4.69) is 11.6 Å². The van der Waals surface area contributed by atoms with Crippen LogP contribution in [0.2, 0.25) is 0 Å². The Balaban J connectivity index is 2.24. The lowest BCUT2D eigenvalue weighted by Gasteiger charge is -2.18. The molecule has 1 fully saturated rings. The molecule has 1 aliphatic rings. The monoisotopic (exact) mass is 282 g/mol. The topological polar surface area (TPSA) is 72.2 Å². The smallest absolute Gasteiger partial charge is 0.240 e. The predicted molar refractivity (Wildman–Crippen MR) is 76.2 cm³/mol. The highest BCUT2D eigenvalue weighted by Gasteiger charge is 2.28. The molecule has 0 aromatic heterocycles. The van der Waals surface area contributed by atoms with Gasteiger partial charge < -0.3 is 5.73 Å². The first-order valence-corrected chi connectivity index (χ1v) is 8.24. The molecule has 0 heterocycles. The number of sulfonamides is 1. The third-order valence-corrected chi connectivity index (χ3v) is 5.51. The molecule has 2 atom stereocenters. The van der Waals surface area contributed by atoms with Crippen molar-refractivity contribution in [3.63, 3.8) is 0 Å². The van der Waals surface area contributed by atoms with E-state index in [0.29, 0.717) is 17.4 Å². The summed E-state index contributed by atoms with van der Waals surface area (Å²) in [4.78, 5) is 0.317. The summed E-state index contributed by atoms with van der Waals surface area (Å²) < 4.78 is 27.5. The Kier molecular flexibility index (Phi) is 4.28. The van der Waals surface area contributed by atoms with Gasteiger partial charge in [-0.05, 0) is 48.9 Å². The predicted octanol–water partition coefficient (Wildman–Crippen LogP) is 1.92. The molecular formula is C14H22N2O2S. The molecule has 0 amide bonds. The van der Waals surface area contributed by atoms with E-state index in [0.717, 1.165) is 30.4 Å².